The lowest BCUT2D eigenvalue weighted by Crippen LogP contribution is -2.44. The zero-order valence-corrected chi connectivity index (χ0v) is 12.3. The third-order valence-corrected chi connectivity index (χ3v) is 2.90. The minimum atomic E-state index is -0.458. The van der Waals surface area contributed by atoms with Gasteiger partial charge in [0.05, 0.1) is 6.54 Å². The van der Waals surface area contributed by atoms with Gasteiger partial charge in [0.15, 0.2) is 0 Å². The number of amides is 3. The van der Waals surface area contributed by atoms with E-state index < -0.39 is 6.03 Å². The van der Waals surface area contributed by atoms with Crippen molar-refractivity contribution in [2.75, 3.05) is 13.1 Å². The summed E-state index contributed by atoms with van der Waals surface area (Å²) < 4.78 is 0. The van der Waals surface area contributed by atoms with Crippen LogP contribution >= 0.6 is 0 Å². The molecule has 1 rings (SSSR count). The summed E-state index contributed by atoms with van der Waals surface area (Å²) in [7, 11) is 0. The van der Waals surface area contributed by atoms with Gasteiger partial charge in [0.25, 0.3) is 0 Å². The van der Waals surface area contributed by atoms with Crippen molar-refractivity contribution in [2.24, 2.45) is 5.92 Å². The molecule has 0 spiro atoms. The number of benzene rings is 1. The molecule has 0 aliphatic carbocycles. The van der Waals surface area contributed by atoms with E-state index in [1.54, 1.807) is 6.92 Å². The predicted octanol–water partition coefficient (Wildman–Crippen LogP) is 1.82. The number of urea groups is 1. The van der Waals surface area contributed by atoms with Gasteiger partial charge in [-0.2, -0.15) is 0 Å². The van der Waals surface area contributed by atoms with Gasteiger partial charge in [-0.3, -0.25) is 10.1 Å². The number of carbonyl (C=O) groups excluding carboxylic acids is 2. The Balaban J connectivity index is 2.52. The van der Waals surface area contributed by atoms with Crippen molar-refractivity contribution in [3.63, 3.8) is 0 Å². The fraction of sp³-hybridized carbons (Fsp3) is 0.467. The minimum absolute atomic E-state index is 0.0798. The van der Waals surface area contributed by atoms with Crippen LogP contribution in [0.3, 0.4) is 0 Å². The molecule has 0 bridgehead atoms. The van der Waals surface area contributed by atoms with Crippen molar-refractivity contribution in [3.05, 3.63) is 35.9 Å². The van der Waals surface area contributed by atoms with Gasteiger partial charge in [-0.05, 0) is 18.4 Å². The third kappa shape index (κ3) is 5.40. The molecule has 1 aromatic carbocycles. The van der Waals surface area contributed by atoms with Crippen LogP contribution in [0.25, 0.3) is 0 Å². The predicted molar refractivity (Wildman–Crippen MR) is 79.2 cm³/mol. The molecule has 0 saturated carbocycles. The molecule has 0 aromatic heterocycles. The van der Waals surface area contributed by atoms with Crippen molar-refractivity contribution >= 4 is 11.9 Å². The van der Waals surface area contributed by atoms with Crippen molar-refractivity contribution in [1.29, 1.82) is 0 Å². The van der Waals surface area contributed by atoms with E-state index in [9.17, 15) is 9.59 Å². The molecule has 0 saturated heterocycles. The summed E-state index contributed by atoms with van der Waals surface area (Å²) in [6.07, 6.45) is 0. The maximum atomic E-state index is 11.7. The Morgan fingerprint density at radius 1 is 1.15 bits per heavy atom. The Labute approximate surface area is 120 Å². The van der Waals surface area contributed by atoms with E-state index in [0.29, 0.717) is 12.5 Å². The van der Waals surface area contributed by atoms with Crippen molar-refractivity contribution < 1.29 is 9.59 Å². The Morgan fingerprint density at radius 2 is 1.80 bits per heavy atom. The molecule has 3 amide bonds. The monoisotopic (exact) mass is 277 g/mol. The highest BCUT2D eigenvalue weighted by Crippen LogP contribution is 2.20. The standard InChI is InChI=1S/C15H23N3O2/c1-4-16-15(20)18-13(19)10-17-14(11(2)3)12-8-6-5-7-9-12/h5-9,11,14,17H,4,10H2,1-3H3,(H2,16,18,19,20)/t14-/m1/s1. The fourth-order valence-corrected chi connectivity index (χ4v) is 1.98. The Hall–Kier alpha value is -1.88. The number of hydrogen-bond donors (Lipinski definition) is 3. The van der Waals surface area contributed by atoms with Crippen LogP contribution in [0.2, 0.25) is 0 Å². The van der Waals surface area contributed by atoms with E-state index in [0.717, 1.165) is 5.56 Å². The Kier molecular flexibility index (Phi) is 6.73. The number of imide groups is 1. The van der Waals surface area contributed by atoms with Gasteiger partial charge in [-0.1, -0.05) is 44.2 Å². The first kappa shape index (κ1) is 16.2. The van der Waals surface area contributed by atoms with Gasteiger partial charge in [0, 0.05) is 12.6 Å². The van der Waals surface area contributed by atoms with Gasteiger partial charge in [0.2, 0.25) is 5.91 Å². The van der Waals surface area contributed by atoms with Gasteiger partial charge >= 0.3 is 6.03 Å². The molecule has 110 valence electrons. The molecule has 1 atom stereocenters. The van der Waals surface area contributed by atoms with Crippen LogP contribution in [0.5, 0.6) is 0 Å². The summed E-state index contributed by atoms with van der Waals surface area (Å²) >= 11 is 0. The van der Waals surface area contributed by atoms with Gasteiger partial charge in [0.1, 0.15) is 0 Å². The minimum Gasteiger partial charge on any atom is -0.338 e. The molecule has 1 aromatic rings. The zero-order valence-electron chi connectivity index (χ0n) is 12.3. The Morgan fingerprint density at radius 3 is 2.35 bits per heavy atom. The lowest BCUT2D eigenvalue weighted by molar-refractivity contribution is -0.119. The molecule has 0 unspecified atom stereocenters. The highest BCUT2D eigenvalue weighted by Gasteiger charge is 2.16. The summed E-state index contributed by atoms with van der Waals surface area (Å²) in [4.78, 5) is 22.9. The van der Waals surface area contributed by atoms with Gasteiger partial charge in [-0.25, -0.2) is 4.79 Å². The first-order valence-electron chi connectivity index (χ1n) is 6.90. The topological polar surface area (TPSA) is 70.2 Å². The van der Waals surface area contributed by atoms with Crippen molar-refractivity contribution in [1.82, 2.24) is 16.0 Å². The molecule has 0 heterocycles. The van der Waals surface area contributed by atoms with E-state index in [1.165, 1.54) is 0 Å². The summed E-state index contributed by atoms with van der Waals surface area (Å²) in [6.45, 7) is 6.57. The average molecular weight is 277 g/mol. The molecular weight excluding hydrogens is 254 g/mol. The second kappa shape index (κ2) is 8.32. The molecule has 0 aliphatic rings. The van der Waals surface area contributed by atoms with Crippen LogP contribution in [0.15, 0.2) is 30.3 Å². The highest BCUT2D eigenvalue weighted by atomic mass is 16.2. The number of carbonyl (C=O) groups is 2. The van der Waals surface area contributed by atoms with Gasteiger partial charge < -0.3 is 10.6 Å². The molecular formula is C15H23N3O2. The van der Waals surface area contributed by atoms with Crippen LogP contribution in [-0.4, -0.2) is 25.0 Å². The Bertz CT molecular complexity index is 432. The van der Waals surface area contributed by atoms with Crippen molar-refractivity contribution in [3.8, 4) is 0 Å². The molecule has 20 heavy (non-hydrogen) atoms. The largest absolute Gasteiger partial charge is 0.338 e. The quantitative estimate of drug-likeness (QED) is 0.743. The number of hydrogen-bond acceptors (Lipinski definition) is 3. The number of rotatable bonds is 6. The SMILES string of the molecule is CCNC(=O)NC(=O)CN[C@@H](c1ccccc1)C(C)C. The second-order valence-corrected chi connectivity index (χ2v) is 4.92. The smallest absolute Gasteiger partial charge is 0.321 e. The summed E-state index contributed by atoms with van der Waals surface area (Å²) in [5, 5.41) is 7.99. The molecule has 5 nitrogen and oxygen atoms in total. The summed E-state index contributed by atoms with van der Waals surface area (Å²) in [5.74, 6) is 0.00667. The first-order chi connectivity index (χ1) is 9.54. The van der Waals surface area contributed by atoms with E-state index in [-0.39, 0.29) is 18.5 Å². The van der Waals surface area contributed by atoms with E-state index in [2.05, 4.69) is 29.8 Å². The maximum absolute atomic E-state index is 11.7. The first-order valence-corrected chi connectivity index (χ1v) is 6.90. The second-order valence-electron chi connectivity index (χ2n) is 4.92. The fourth-order valence-electron chi connectivity index (χ4n) is 1.98. The number of nitrogens with one attached hydrogen (secondary N) is 3. The van der Waals surface area contributed by atoms with Crippen LogP contribution in [-0.2, 0) is 4.79 Å². The third-order valence-electron chi connectivity index (χ3n) is 2.90. The van der Waals surface area contributed by atoms with Crippen LogP contribution in [0, 0.1) is 5.92 Å². The summed E-state index contributed by atoms with van der Waals surface area (Å²) in [6, 6.07) is 9.58. The molecule has 3 N–H and O–H groups in total. The molecule has 0 aliphatic heterocycles. The van der Waals surface area contributed by atoms with E-state index >= 15 is 0 Å². The van der Waals surface area contributed by atoms with Crippen molar-refractivity contribution in [2.45, 2.75) is 26.8 Å². The van der Waals surface area contributed by atoms with Crippen LogP contribution < -0.4 is 16.0 Å². The zero-order chi connectivity index (χ0) is 15.0. The van der Waals surface area contributed by atoms with E-state index in [4.69, 9.17) is 0 Å². The highest BCUT2D eigenvalue weighted by molar-refractivity contribution is 5.95. The van der Waals surface area contributed by atoms with E-state index in [1.807, 2.05) is 30.3 Å². The van der Waals surface area contributed by atoms with Gasteiger partial charge in [-0.15, -0.1) is 0 Å². The lowest BCUT2D eigenvalue weighted by Gasteiger charge is -2.22. The maximum Gasteiger partial charge on any atom is 0.321 e. The van der Waals surface area contributed by atoms with Crippen LogP contribution in [0.1, 0.15) is 32.4 Å². The molecule has 5 heteroatoms. The normalized spacial score (nSPS) is 12.0. The average Bonchev–Trinajstić information content (AvgIpc) is 2.40. The summed E-state index contributed by atoms with van der Waals surface area (Å²) in [5.41, 5.74) is 1.13. The lowest BCUT2D eigenvalue weighted by atomic mass is 9.96. The molecule has 0 fully saturated rings. The molecule has 0 radical (unpaired) electrons. The van der Waals surface area contributed by atoms with Crippen LogP contribution in [0.4, 0.5) is 4.79 Å².